The molecule has 184 valence electrons. The maximum atomic E-state index is 5.88. The molecule has 2 N–H and O–H groups in total. The Hall–Kier alpha value is -1.10. The van der Waals surface area contributed by atoms with E-state index in [4.69, 9.17) is 9.47 Å². The van der Waals surface area contributed by atoms with Crippen molar-refractivity contribution in [3.63, 3.8) is 0 Å². The van der Waals surface area contributed by atoms with E-state index in [2.05, 4.69) is 65.3 Å². The number of guanidine groups is 1. The van der Waals surface area contributed by atoms with Crippen molar-refractivity contribution in [2.45, 2.75) is 40.3 Å². The number of aliphatic imine (C=N–C) groups is 1. The van der Waals surface area contributed by atoms with Gasteiger partial charge in [0.15, 0.2) is 5.96 Å². The highest BCUT2D eigenvalue weighted by molar-refractivity contribution is 14.0. The molecule has 0 aliphatic carbocycles. The van der Waals surface area contributed by atoms with Crippen molar-refractivity contribution in [1.82, 2.24) is 20.4 Å². The number of hydrogen-bond donors (Lipinski definition) is 2. The van der Waals surface area contributed by atoms with E-state index in [1.807, 2.05) is 19.2 Å². The highest BCUT2D eigenvalue weighted by Crippen LogP contribution is 2.13. The van der Waals surface area contributed by atoms with Gasteiger partial charge >= 0.3 is 0 Å². The molecule has 7 nitrogen and oxygen atoms in total. The number of halogens is 1. The first-order valence-electron chi connectivity index (χ1n) is 11.8. The fourth-order valence-corrected chi connectivity index (χ4v) is 3.84. The molecule has 32 heavy (non-hydrogen) atoms. The molecule has 1 aliphatic heterocycles. The minimum Gasteiger partial charge on any atom is -0.492 e. The maximum absolute atomic E-state index is 5.88. The van der Waals surface area contributed by atoms with Gasteiger partial charge in [-0.15, -0.1) is 24.0 Å². The lowest BCUT2D eigenvalue weighted by Gasteiger charge is -2.37. The summed E-state index contributed by atoms with van der Waals surface area (Å²) in [6.07, 6.45) is 0. The predicted molar refractivity (Wildman–Crippen MR) is 144 cm³/mol. The van der Waals surface area contributed by atoms with Crippen LogP contribution in [0.1, 0.15) is 33.3 Å². The quantitative estimate of drug-likeness (QED) is 0.233. The number of benzene rings is 1. The number of ether oxygens (including phenoxy) is 2. The molecule has 0 aromatic heterocycles. The zero-order valence-electron chi connectivity index (χ0n) is 20.6. The molecule has 0 radical (unpaired) electrons. The number of nitrogens with zero attached hydrogens (tertiary/aromatic N) is 3. The van der Waals surface area contributed by atoms with Crippen LogP contribution in [0.5, 0.6) is 5.75 Å². The van der Waals surface area contributed by atoms with Crippen LogP contribution in [0.4, 0.5) is 0 Å². The summed E-state index contributed by atoms with van der Waals surface area (Å²) in [5.41, 5.74) is 1.20. The lowest BCUT2D eigenvalue weighted by molar-refractivity contribution is 0.00752. The largest absolute Gasteiger partial charge is 0.492 e. The number of rotatable bonds is 12. The summed E-state index contributed by atoms with van der Waals surface area (Å²) in [6, 6.07) is 8.77. The van der Waals surface area contributed by atoms with Crippen molar-refractivity contribution in [2.24, 2.45) is 10.9 Å². The van der Waals surface area contributed by atoms with Gasteiger partial charge in [-0.25, -0.2) is 0 Å². The molecule has 0 amide bonds. The number of nitrogens with one attached hydrogen (secondary N) is 2. The summed E-state index contributed by atoms with van der Waals surface area (Å²) in [5.74, 6) is 2.32. The van der Waals surface area contributed by atoms with Crippen LogP contribution in [0.3, 0.4) is 0 Å². The number of hydrogen-bond acceptors (Lipinski definition) is 5. The highest BCUT2D eigenvalue weighted by atomic mass is 127. The molecule has 1 unspecified atom stereocenters. The molecule has 1 fully saturated rings. The van der Waals surface area contributed by atoms with E-state index < -0.39 is 0 Å². The van der Waals surface area contributed by atoms with Gasteiger partial charge in [0, 0.05) is 45.8 Å². The van der Waals surface area contributed by atoms with Crippen LogP contribution in [-0.2, 0) is 11.3 Å². The van der Waals surface area contributed by atoms with Gasteiger partial charge in [-0.3, -0.25) is 9.89 Å². The third-order valence-corrected chi connectivity index (χ3v) is 5.94. The normalized spacial score (nSPS) is 16.0. The van der Waals surface area contributed by atoms with Crippen molar-refractivity contribution in [1.29, 1.82) is 0 Å². The summed E-state index contributed by atoms with van der Waals surface area (Å²) in [6.45, 7) is 18.0. The SMILES string of the molecule is CCN(CC)CCOc1ccc(CNC(=NC)NCC(C(C)C)N2CCOCC2)cc1.I. The fraction of sp³-hybridized carbons (Fsp3) is 0.708. The molecule has 1 aliphatic rings. The van der Waals surface area contributed by atoms with Gasteiger partial charge in [0.1, 0.15) is 12.4 Å². The van der Waals surface area contributed by atoms with Gasteiger partial charge in [-0.05, 0) is 36.7 Å². The Labute approximate surface area is 212 Å². The average Bonchev–Trinajstić information content (AvgIpc) is 2.80. The third kappa shape index (κ3) is 10.2. The van der Waals surface area contributed by atoms with Crippen molar-refractivity contribution >= 4 is 29.9 Å². The maximum Gasteiger partial charge on any atom is 0.191 e. The monoisotopic (exact) mass is 561 g/mol. The standard InChI is InChI=1S/C24H43N5O2.HI/c1-6-28(7-2)12-17-31-22-10-8-21(9-11-22)18-26-24(25-5)27-19-23(20(3)4)29-13-15-30-16-14-29;/h8-11,20,23H,6-7,12-19H2,1-5H3,(H2,25,26,27);1H. The first kappa shape index (κ1) is 28.9. The smallest absolute Gasteiger partial charge is 0.191 e. The molecule has 8 heteroatoms. The second-order valence-corrected chi connectivity index (χ2v) is 8.29. The zero-order chi connectivity index (χ0) is 22.5. The molecule has 0 spiro atoms. The van der Waals surface area contributed by atoms with E-state index in [-0.39, 0.29) is 24.0 Å². The Morgan fingerprint density at radius 1 is 1.12 bits per heavy atom. The first-order chi connectivity index (χ1) is 15.1. The summed E-state index contributed by atoms with van der Waals surface area (Å²) >= 11 is 0. The van der Waals surface area contributed by atoms with Crippen molar-refractivity contribution in [3.05, 3.63) is 29.8 Å². The number of likely N-dealkylation sites (N-methyl/N-ethyl adjacent to an activating group) is 1. The molecule has 1 aromatic carbocycles. The lowest BCUT2D eigenvalue weighted by Crippen LogP contribution is -2.52. The van der Waals surface area contributed by atoms with Crippen LogP contribution in [0.15, 0.2) is 29.3 Å². The topological polar surface area (TPSA) is 61.4 Å². The number of morpholine rings is 1. The van der Waals surface area contributed by atoms with E-state index in [9.17, 15) is 0 Å². The minimum absolute atomic E-state index is 0. The van der Waals surface area contributed by atoms with E-state index in [1.165, 1.54) is 5.56 Å². The average molecular weight is 562 g/mol. The molecule has 1 atom stereocenters. The Bertz CT molecular complexity index is 632. The van der Waals surface area contributed by atoms with Gasteiger partial charge in [-0.1, -0.05) is 39.8 Å². The van der Waals surface area contributed by atoms with Crippen LogP contribution >= 0.6 is 24.0 Å². The molecular formula is C24H44IN5O2. The van der Waals surface area contributed by atoms with Gasteiger partial charge in [-0.2, -0.15) is 0 Å². The summed E-state index contributed by atoms with van der Waals surface area (Å²) in [7, 11) is 1.82. The molecule has 0 bridgehead atoms. The predicted octanol–water partition coefficient (Wildman–Crippen LogP) is 3.05. The van der Waals surface area contributed by atoms with E-state index in [0.717, 1.165) is 77.3 Å². The van der Waals surface area contributed by atoms with Crippen molar-refractivity contribution in [2.75, 3.05) is 66.1 Å². The van der Waals surface area contributed by atoms with Crippen LogP contribution in [0.25, 0.3) is 0 Å². The summed E-state index contributed by atoms with van der Waals surface area (Å²) in [5, 5.41) is 6.93. The summed E-state index contributed by atoms with van der Waals surface area (Å²) in [4.78, 5) is 9.27. The minimum atomic E-state index is 0. The van der Waals surface area contributed by atoms with Gasteiger partial charge in [0.2, 0.25) is 0 Å². The van der Waals surface area contributed by atoms with Gasteiger partial charge in [0.05, 0.1) is 13.2 Å². The van der Waals surface area contributed by atoms with E-state index >= 15 is 0 Å². The molecule has 1 saturated heterocycles. The first-order valence-corrected chi connectivity index (χ1v) is 11.8. The zero-order valence-corrected chi connectivity index (χ0v) is 22.9. The van der Waals surface area contributed by atoms with Gasteiger partial charge in [0.25, 0.3) is 0 Å². The molecule has 1 aromatic rings. The van der Waals surface area contributed by atoms with Gasteiger partial charge < -0.3 is 25.0 Å². The fourth-order valence-electron chi connectivity index (χ4n) is 3.84. The van der Waals surface area contributed by atoms with Crippen LogP contribution in [-0.4, -0.2) is 87.9 Å². The molecule has 0 saturated carbocycles. The second-order valence-electron chi connectivity index (χ2n) is 8.29. The highest BCUT2D eigenvalue weighted by Gasteiger charge is 2.23. The lowest BCUT2D eigenvalue weighted by atomic mass is 10.0. The van der Waals surface area contributed by atoms with E-state index in [1.54, 1.807) is 0 Å². The van der Waals surface area contributed by atoms with Crippen LogP contribution in [0, 0.1) is 5.92 Å². The Morgan fingerprint density at radius 2 is 1.78 bits per heavy atom. The molecular weight excluding hydrogens is 517 g/mol. The van der Waals surface area contributed by atoms with E-state index in [0.29, 0.717) is 12.0 Å². The van der Waals surface area contributed by atoms with Crippen molar-refractivity contribution in [3.8, 4) is 5.75 Å². The Morgan fingerprint density at radius 3 is 2.34 bits per heavy atom. The summed E-state index contributed by atoms with van der Waals surface area (Å²) < 4.78 is 11.4. The van der Waals surface area contributed by atoms with Crippen molar-refractivity contribution < 1.29 is 9.47 Å². The molecule has 2 rings (SSSR count). The Kier molecular flexibility index (Phi) is 14.9. The van der Waals surface area contributed by atoms with Crippen LogP contribution < -0.4 is 15.4 Å². The molecule has 1 heterocycles. The third-order valence-electron chi connectivity index (χ3n) is 5.94. The Balaban J connectivity index is 0.00000512. The van der Waals surface area contributed by atoms with Crippen LogP contribution in [0.2, 0.25) is 0 Å². The second kappa shape index (κ2) is 16.5.